The number of allylic oxidation sites excluding steroid dienone is 12. The molecule has 13 N–H and O–H groups in total. The third kappa shape index (κ3) is 18.5. The molecule has 2 fully saturated rings. The van der Waals surface area contributed by atoms with Gasteiger partial charge in [-0.25, -0.2) is 4.39 Å². The number of ether oxygens (including phenoxy) is 4. The third-order valence-corrected chi connectivity index (χ3v) is 12.1. The Hall–Kier alpha value is -3.51. The predicted molar refractivity (Wildman–Crippen MR) is 237 cm³/mol. The van der Waals surface area contributed by atoms with Crippen molar-refractivity contribution in [1.29, 1.82) is 0 Å². The van der Waals surface area contributed by atoms with Crippen LogP contribution in [0.2, 0.25) is 0 Å². The van der Waals surface area contributed by atoms with E-state index in [2.05, 4.69) is 0 Å². The zero-order valence-corrected chi connectivity index (χ0v) is 37.9. The first-order valence-corrected chi connectivity index (χ1v) is 22.4. The number of nitrogens with two attached hydrogens (primary N) is 1. The van der Waals surface area contributed by atoms with Crippen LogP contribution in [-0.4, -0.2) is 166 Å². The number of aliphatic carboxylic acids is 1. The van der Waals surface area contributed by atoms with Crippen molar-refractivity contribution in [3.63, 3.8) is 0 Å². The van der Waals surface area contributed by atoms with Gasteiger partial charge in [-0.1, -0.05) is 80.7 Å². The highest BCUT2D eigenvalue weighted by molar-refractivity contribution is 5.71. The average Bonchev–Trinajstić information content (AvgIpc) is 3.22. The zero-order valence-electron chi connectivity index (χ0n) is 37.9. The number of carbonyl (C=O) groups excluding carboxylic acids is 1. The predicted octanol–water partition coefficient (Wildman–Crippen LogP) is 1.01. The van der Waals surface area contributed by atoms with Crippen molar-refractivity contribution < 1.29 is 89.1 Å². The Labute approximate surface area is 385 Å². The fraction of sp³-hybridized carbons (Fsp3) is 0.660. The Kier molecular flexibility index (Phi) is 23.7. The maximum absolute atomic E-state index is 14.4. The molecular formula is C47H72FNO17. The first-order valence-electron chi connectivity index (χ1n) is 22.4. The van der Waals surface area contributed by atoms with Crippen LogP contribution in [-0.2, 0) is 28.5 Å². The number of aliphatic hydroxyl groups is 10. The number of rotatable bonds is 3. The summed E-state index contributed by atoms with van der Waals surface area (Å²) in [5, 5.41) is 118. The minimum Gasteiger partial charge on any atom is -0.481 e. The van der Waals surface area contributed by atoms with E-state index in [1.807, 2.05) is 0 Å². The van der Waals surface area contributed by atoms with Gasteiger partial charge in [0.05, 0.1) is 79.6 Å². The first kappa shape index (κ1) is 56.8. The standard InChI is InChI=1S/C47H72FNO17/c1-26-14-10-9-12-16-30(48)15-11-7-5-6-8-13-17-34(65-46-44(59)41(49)43(58)29(4)64-46)23-38-40(45(60)61)37(55)25-47(62,66-38)24-33(52)21-36(54)35(53)19-18-31(50)20-32(51)22-39(56)63-28(3)27(2)42(26)57/h5-17,26-29,31-38,40-44,46,50-55,57-59,62H,18-25,49H2,1-4H3,(H,60,61)/t26-,27-,28-,29+,31+,32+,33-,34-,35+,36+,37-,38-,40+,41-,42+,43+,44-,46-,47+/m0/s1. The van der Waals surface area contributed by atoms with Gasteiger partial charge in [0.15, 0.2) is 12.1 Å². The van der Waals surface area contributed by atoms with Crippen LogP contribution < -0.4 is 5.73 Å². The molecule has 3 aliphatic heterocycles. The fourth-order valence-electron chi connectivity index (χ4n) is 8.00. The van der Waals surface area contributed by atoms with Crippen LogP contribution in [0, 0.1) is 17.8 Å². The van der Waals surface area contributed by atoms with E-state index in [-0.39, 0.29) is 31.6 Å². The largest absolute Gasteiger partial charge is 0.481 e. The molecule has 0 saturated carbocycles. The Morgan fingerprint density at radius 1 is 0.727 bits per heavy atom. The second-order valence-corrected chi connectivity index (χ2v) is 17.7. The summed E-state index contributed by atoms with van der Waals surface area (Å²) in [5.74, 6) is -7.67. The quantitative estimate of drug-likeness (QED) is 0.176. The molecule has 2 saturated heterocycles. The second-order valence-electron chi connectivity index (χ2n) is 17.7. The van der Waals surface area contributed by atoms with E-state index in [4.69, 9.17) is 24.7 Å². The van der Waals surface area contributed by atoms with Crippen LogP contribution in [0.4, 0.5) is 4.39 Å². The minimum absolute atomic E-state index is 0.126. The highest BCUT2D eigenvalue weighted by Crippen LogP contribution is 2.38. The van der Waals surface area contributed by atoms with Gasteiger partial charge in [0.1, 0.15) is 24.0 Å². The molecule has 0 radical (unpaired) electrons. The molecule has 3 heterocycles. The van der Waals surface area contributed by atoms with E-state index in [0.29, 0.717) is 0 Å². The first-order chi connectivity index (χ1) is 31.0. The summed E-state index contributed by atoms with van der Waals surface area (Å²) in [6.07, 6.45) is -2.05. The topological polar surface area (TPSA) is 320 Å². The van der Waals surface area contributed by atoms with E-state index >= 15 is 0 Å². The molecule has 0 amide bonds. The van der Waals surface area contributed by atoms with Gasteiger partial charge < -0.3 is 80.9 Å². The van der Waals surface area contributed by atoms with E-state index < -0.39 is 153 Å². The zero-order chi connectivity index (χ0) is 49.3. The maximum atomic E-state index is 14.4. The highest BCUT2D eigenvalue weighted by atomic mass is 19.1. The van der Waals surface area contributed by atoms with Gasteiger partial charge in [0, 0.05) is 37.5 Å². The van der Waals surface area contributed by atoms with Crippen molar-refractivity contribution in [3.8, 4) is 0 Å². The van der Waals surface area contributed by atoms with Gasteiger partial charge in [0.25, 0.3) is 0 Å². The lowest BCUT2D eigenvalue weighted by molar-refractivity contribution is -0.308. The summed E-state index contributed by atoms with van der Waals surface area (Å²) >= 11 is 0. The minimum atomic E-state index is -2.35. The van der Waals surface area contributed by atoms with Crippen molar-refractivity contribution in [2.24, 2.45) is 23.5 Å². The molecular weight excluding hydrogens is 870 g/mol. The van der Waals surface area contributed by atoms with E-state index in [1.54, 1.807) is 63.3 Å². The lowest BCUT2D eigenvalue weighted by atomic mass is 9.82. The molecule has 0 aliphatic carbocycles. The fourth-order valence-corrected chi connectivity index (χ4v) is 8.00. The number of esters is 1. The molecule has 3 rings (SSSR count). The van der Waals surface area contributed by atoms with Gasteiger partial charge in [-0.3, -0.25) is 9.59 Å². The molecule has 0 spiro atoms. The van der Waals surface area contributed by atoms with Crippen molar-refractivity contribution in [3.05, 3.63) is 84.8 Å². The molecule has 19 heteroatoms. The molecule has 0 aromatic heterocycles. The number of halogens is 1. The molecule has 18 nitrogen and oxygen atoms in total. The van der Waals surface area contributed by atoms with Crippen LogP contribution in [0.5, 0.6) is 0 Å². The van der Waals surface area contributed by atoms with Gasteiger partial charge in [-0.15, -0.1) is 0 Å². The van der Waals surface area contributed by atoms with E-state index in [1.165, 1.54) is 43.4 Å². The number of carbonyl (C=O) groups is 2. The highest BCUT2D eigenvalue weighted by Gasteiger charge is 2.51. The van der Waals surface area contributed by atoms with Crippen molar-refractivity contribution in [1.82, 2.24) is 0 Å². The lowest BCUT2D eigenvalue weighted by Crippen LogP contribution is -2.61. The second kappa shape index (κ2) is 27.5. The molecule has 2 bridgehead atoms. The van der Waals surface area contributed by atoms with Gasteiger partial charge in [-0.05, 0) is 45.3 Å². The number of hydrogen-bond acceptors (Lipinski definition) is 17. The smallest absolute Gasteiger partial charge is 0.311 e. The van der Waals surface area contributed by atoms with Crippen LogP contribution in [0.25, 0.3) is 0 Å². The summed E-state index contributed by atoms with van der Waals surface area (Å²) in [7, 11) is 0. The summed E-state index contributed by atoms with van der Waals surface area (Å²) in [6.45, 7) is 6.57. The molecule has 0 unspecified atom stereocenters. The summed E-state index contributed by atoms with van der Waals surface area (Å²) in [5.41, 5.74) is 6.00. The summed E-state index contributed by atoms with van der Waals surface area (Å²) in [4.78, 5) is 25.1. The van der Waals surface area contributed by atoms with Crippen molar-refractivity contribution in [2.75, 3.05) is 0 Å². The van der Waals surface area contributed by atoms with Crippen molar-refractivity contribution >= 4 is 11.9 Å². The number of hydrogen-bond donors (Lipinski definition) is 12. The number of aliphatic hydroxyl groups excluding tert-OH is 9. The normalized spacial score (nSPS) is 41.8. The Bertz CT molecular complexity index is 1720. The Balaban J connectivity index is 1.88. The van der Waals surface area contributed by atoms with Crippen LogP contribution >= 0.6 is 0 Å². The third-order valence-electron chi connectivity index (χ3n) is 12.1. The Morgan fingerprint density at radius 2 is 1.36 bits per heavy atom. The molecule has 0 aromatic rings. The van der Waals surface area contributed by atoms with E-state index in [9.17, 15) is 70.2 Å². The van der Waals surface area contributed by atoms with Crippen LogP contribution in [0.1, 0.15) is 79.1 Å². The van der Waals surface area contributed by atoms with Crippen LogP contribution in [0.15, 0.2) is 84.8 Å². The Morgan fingerprint density at radius 3 is 2.05 bits per heavy atom. The lowest BCUT2D eigenvalue weighted by Gasteiger charge is -2.45. The number of carboxylic acids is 1. The SMILES string of the molecule is C[C@@H]1[C@H](O)[C@@H](C)C=CC=CC=C(F)C=CC=CC=CC=C[C@H](O[C@@H]2O[C@H](C)[C@@H](O)[C@H](N)[C@@H]2O)C[C@@H]2O[C@](O)(C[C@@H](O)C[C@@H](O)[C@H](O)CC[C@@H](O)C[C@@H](O)CC(=O)O[C@H]1C)C[C@H](O)[C@H]2C(=O)O. The molecule has 19 atom stereocenters. The molecule has 66 heavy (non-hydrogen) atoms. The van der Waals surface area contributed by atoms with E-state index in [0.717, 1.165) is 0 Å². The van der Waals surface area contributed by atoms with Gasteiger partial charge >= 0.3 is 11.9 Å². The van der Waals surface area contributed by atoms with Gasteiger partial charge in [0.2, 0.25) is 0 Å². The number of cyclic esters (lactones) is 1. The summed E-state index contributed by atoms with van der Waals surface area (Å²) in [6, 6.07) is -1.18. The molecule has 0 aromatic carbocycles. The maximum Gasteiger partial charge on any atom is 0.311 e. The van der Waals surface area contributed by atoms with Gasteiger partial charge in [-0.2, -0.15) is 0 Å². The number of carboxylic acid groups (broad SMARTS) is 1. The average molecular weight is 942 g/mol. The molecule has 3 aliphatic rings. The summed E-state index contributed by atoms with van der Waals surface area (Å²) < 4.78 is 37.5. The monoisotopic (exact) mass is 941 g/mol. The van der Waals surface area contributed by atoms with Crippen molar-refractivity contribution in [2.45, 2.75) is 177 Å². The number of fused-ring (bicyclic) bond motifs is 2. The molecule has 374 valence electrons. The van der Waals surface area contributed by atoms with Crippen LogP contribution in [0.3, 0.4) is 0 Å².